The molecule has 0 spiro atoms. The van der Waals surface area contributed by atoms with E-state index >= 15 is 0 Å². The fourth-order valence-electron chi connectivity index (χ4n) is 2.40. The maximum atomic E-state index is 6.04. The van der Waals surface area contributed by atoms with Crippen molar-refractivity contribution in [3.05, 3.63) is 38.9 Å². The molecule has 7 heteroatoms. The molecular weight excluding hydrogens is 492 g/mol. The predicted octanol–water partition coefficient (Wildman–Crippen LogP) is 5.57. The summed E-state index contributed by atoms with van der Waals surface area (Å²) in [7, 11) is 0. The van der Waals surface area contributed by atoms with Crippen molar-refractivity contribution in [2.24, 2.45) is 0 Å². The molecule has 1 aromatic carbocycles. The number of fused-ring (bicyclic) bond motifs is 2. The van der Waals surface area contributed by atoms with Crippen LogP contribution in [0.2, 0.25) is 0 Å². The summed E-state index contributed by atoms with van der Waals surface area (Å²) < 4.78 is 13.6. The number of anilines is 2. The summed E-state index contributed by atoms with van der Waals surface area (Å²) >= 11 is 10.4. The number of hydrogen-bond acceptors (Lipinski definition) is 4. The van der Waals surface area contributed by atoms with Gasteiger partial charge in [0.05, 0.1) is 18.9 Å². The normalized spacial score (nSPS) is 12.6. The van der Waals surface area contributed by atoms with Gasteiger partial charge in [-0.2, -0.15) is 0 Å². The average Bonchev–Trinajstić information content (AvgIpc) is 2.52. The summed E-state index contributed by atoms with van der Waals surface area (Å²) in [5.41, 5.74) is 2.16. The average molecular weight is 507 g/mol. The van der Waals surface area contributed by atoms with Crippen LogP contribution in [0.25, 0.3) is 0 Å². The zero-order valence-corrected chi connectivity index (χ0v) is 17.2. The van der Waals surface area contributed by atoms with Gasteiger partial charge >= 0.3 is 0 Å². The molecule has 23 heavy (non-hydrogen) atoms. The Morgan fingerprint density at radius 2 is 2.00 bits per heavy atom. The van der Waals surface area contributed by atoms with Crippen LogP contribution in [0.3, 0.4) is 0 Å². The fraction of sp³-hybridized carbons (Fsp3) is 0.312. The molecule has 0 atom stereocenters. The maximum Gasteiger partial charge on any atom is 0.176 e. The second-order valence-electron chi connectivity index (χ2n) is 5.10. The van der Waals surface area contributed by atoms with Crippen molar-refractivity contribution < 1.29 is 9.47 Å². The monoisotopic (exact) mass is 504 g/mol. The van der Waals surface area contributed by atoms with Crippen LogP contribution in [-0.2, 0) is 4.74 Å². The van der Waals surface area contributed by atoms with Crippen molar-refractivity contribution in [3.8, 4) is 11.5 Å². The van der Waals surface area contributed by atoms with E-state index < -0.39 is 0 Å². The van der Waals surface area contributed by atoms with Gasteiger partial charge in [0.2, 0.25) is 0 Å². The van der Waals surface area contributed by atoms with Crippen molar-refractivity contribution >= 4 is 59.3 Å². The van der Waals surface area contributed by atoms with E-state index in [9.17, 15) is 0 Å². The zero-order valence-electron chi connectivity index (χ0n) is 12.5. The first-order valence-corrected chi connectivity index (χ1v) is 9.85. The van der Waals surface area contributed by atoms with Crippen LogP contribution in [0.5, 0.6) is 11.5 Å². The van der Waals surface area contributed by atoms with E-state index in [1.165, 1.54) is 0 Å². The van der Waals surface area contributed by atoms with Crippen LogP contribution in [0.1, 0.15) is 5.56 Å². The largest absolute Gasteiger partial charge is 0.451 e. The lowest BCUT2D eigenvalue weighted by Gasteiger charge is -2.32. The van der Waals surface area contributed by atoms with E-state index in [2.05, 4.69) is 70.7 Å². The van der Waals surface area contributed by atoms with Gasteiger partial charge in [-0.1, -0.05) is 31.9 Å². The summed E-state index contributed by atoms with van der Waals surface area (Å²) in [6.07, 6.45) is 1.78. The minimum atomic E-state index is 0.622. The van der Waals surface area contributed by atoms with Gasteiger partial charge in [-0.3, -0.25) is 0 Å². The van der Waals surface area contributed by atoms with Crippen LogP contribution in [0, 0.1) is 6.92 Å². The molecule has 0 aliphatic carbocycles. The van der Waals surface area contributed by atoms with Crippen molar-refractivity contribution in [1.29, 1.82) is 0 Å². The van der Waals surface area contributed by atoms with E-state index in [4.69, 9.17) is 9.47 Å². The standard InChI is InChI=1S/C16H15Br3N2O2/c1-10-6-13-14(8-12(10)19)23-15-7-11(18)9-20-16(15)21(13)3-5-22-4-2-17/h6-9H,2-5H2,1H3. The van der Waals surface area contributed by atoms with Crippen LogP contribution >= 0.6 is 47.8 Å². The van der Waals surface area contributed by atoms with E-state index in [-0.39, 0.29) is 0 Å². The van der Waals surface area contributed by atoms with E-state index in [0.29, 0.717) is 19.8 Å². The van der Waals surface area contributed by atoms with Gasteiger partial charge in [0.25, 0.3) is 0 Å². The number of ether oxygens (including phenoxy) is 2. The number of benzene rings is 1. The van der Waals surface area contributed by atoms with Gasteiger partial charge in [-0.05, 0) is 40.5 Å². The van der Waals surface area contributed by atoms with Gasteiger partial charge < -0.3 is 14.4 Å². The summed E-state index contributed by atoms with van der Waals surface area (Å²) in [5, 5.41) is 0.834. The van der Waals surface area contributed by atoms with E-state index in [0.717, 1.165) is 42.8 Å². The van der Waals surface area contributed by atoms with E-state index in [1.54, 1.807) is 6.20 Å². The number of halogens is 3. The highest BCUT2D eigenvalue weighted by Gasteiger charge is 2.26. The Morgan fingerprint density at radius 3 is 2.78 bits per heavy atom. The SMILES string of the molecule is Cc1cc2c(cc1Br)Oc1cc(Br)cnc1N2CCOCCBr. The van der Waals surface area contributed by atoms with Gasteiger partial charge in [0.1, 0.15) is 0 Å². The van der Waals surface area contributed by atoms with Crippen molar-refractivity contribution in [1.82, 2.24) is 4.98 Å². The van der Waals surface area contributed by atoms with Crippen LogP contribution in [0.15, 0.2) is 33.3 Å². The molecule has 0 saturated carbocycles. The number of aryl methyl sites for hydroxylation is 1. The lowest BCUT2D eigenvalue weighted by atomic mass is 10.1. The quantitative estimate of drug-likeness (QED) is 0.392. The number of nitrogens with zero attached hydrogens (tertiary/aromatic N) is 2. The Kier molecular flexibility index (Phi) is 5.61. The molecule has 1 aliphatic heterocycles. The molecule has 0 N–H and O–H groups in total. The van der Waals surface area contributed by atoms with Crippen molar-refractivity contribution in [3.63, 3.8) is 0 Å². The molecule has 122 valence electrons. The summed E-state index contributed by atoms with van der Waals surface area (Å²) in [4.78, 5) is 6.67. The molecule has 0 saturated heterocycles. The molecule has 0 radical (unpaired) electrons. The molecule has 0 amide bonds. The number of pyridine rings is 1. The van der Waals surface area contributed by atoms with Gasteiger partial charge in [0.15, 0.2) is 17.3 Å². The van der Waals surface area contributed by atoms with Crippen molar-refractivity contribution in [2.45, 2.75) is 6.92 Å². The molecule has 1 aromatic heterocycles. The van der Waals surface area contributed by atoms with Crippen LogP contribution < -0.4 is 9.64 Å². The van der Waals surface area contributed by atoms with Gasteiger partial charge in [0, 0.05) is 33.1 Å². The Hall–Kier alpha value is -0.630. The lowest BCUT2D eigenvalue weighted by Crippen LogP contribution is -2.26. The molecular formula is C16H15Br3N2O2. The maximum absolute atomic E-state index is 6.04. The number of rotatable bonds is 5. The second kappa shape index (κ2) is 7.51. The lowest BCUT2D eigenvalue weighted by molar-refractivity contribution is 0.158. The minimum absolute atomic E-state index is 0.622. The van der Waals surface area contributed by atoms with E-state index in [1.807, 2.05) is 12.1 Å². The van der Waals surface area contributed by atoms with Crippen molar-refractivity contribution in [2.75, 3.05) is 30.0 Å². The molecule has 2 aromatic rings. The Bertz CT molecular complexity index is 725. The van der Waals surface area contributed by atoms with Gasteiger partial charge in [-0.25, -0.2) is 4.98 Å². The number of aromatic nitrogens is 1. The highest BCUT2D eigenvalue weighted by molar-refractivity contribution is 9.10. The molecule has 0 bridgehead atoms. The molecule has 0 unspecified atom stereocenters. The first-order valence-electron chi connectivity index (χ1n) is 7.15. The third-order valence-corrected chi connectivity index (χ3v) is 5.10. The Morgan fingerprint density at radius 1 is 1.17 bits per heavy atom. The first-order chi connectivity index (χ1) is 11.1. The third-order valence-electron chi connectivity index (χ3n) is 3.49. The van der Waals surface area contributed by atoms with Crippen LogP contribution in [-0.4, -0.2) is 30.1 Å². The topological polar surface area (TPSA) is 34.6 Å². The smallest absolute Gasteiger partial charge is 0.176 e. The number of hydrogen-bond donors (Lipinski definition) is 0. The highest BCUT2D eigenvalue weighted by atomic mass is 79.9. The first kappa shape index (κ1) is 17.2. The summed E-state index contributed by atoms with van der Waals surface area (Å²) in [6, 6.07) is 6.04. The molecule has 1 aliphatic rings. The third kappa shape index (κ3) is 3.73. The highest BCUT2D eigenvalue weighted by Crippen LogP contribution is 2.47. The summed E-state index contributed by atoms with van der Waals surface area (Å²) in [6.45, 7) is 4.09. The predicted molar refractivity (Wildman–Crippen MR) is 103 cm³/mol. The second-order valence-corrected chi connectivity index (χ2v) is 7.66. The Labute approximate surface area is 160 Å². The Balaban J connectivity index is 1.97. The zero-order chi connectivity index (χ0) is 16.4. The molecule has 2 heterocycles. The van der Waals surface area contributed by atoms with Gasteiger partial charge in [-0.15, -0.1) is 0 Å². The number of alkyl halides is 1. The molecule has 4 nitrogen and oxygen atoms in total. The summed E-state index contributed by atoms with van der Waals surface area (Å²) in [5.74, 6) is 2.36. The van der Waals surface area contributed by atoms with Crippen LogP contribution in [0.4, 0.5) is 11.5 Å². The molecule has 0 fully saturated rings. The minimum Gasteiger partial charge on any atom is -0.451 e. The molecule has 3 rings (SSSR count). The fourth-order valence-corrected chi connectivity index (χ4v) is 3.26.